The van der Waals surface area contributed by atoms with Crippen LogP contribution in [0.3, 0.4) is 0 Å². The predicted molar refractivity (Wildman–Crippen MR) is 112 cm³/mol. The number of rotatable bonds is 5. The number of ether oxygens (including phenoxy) is 1. The smallest absolute Gasteiger partial charge is 0.340 e. The van der Waals surface area contributed by atoms with Gasteiger partial charge >= 0.3 is 5.63 Å². The lowest BCUT2D eigenvalue weighted by Gasteiger charge is -2.11. The van der Waals surface area contributed by atoms with Crippen molar-refractivity contribution < 1.29 is 9.15 Å². The Morgan fingerprint density at radius 1 is 0.893 bits per heavy atom. The first-order chi connectivity index (χ1) is 13.6. The van der Waals surface area contributed by atoms with E-state index in [-0.39, 0.29) is 5.63 Å². The van der Waals surface area contributed by atoms with E-state index in [0.717, 1.165) is 22.1 Å². The molecule has 0 spiro atoms. The van der Waals surface area contributed by atoms with Crippen molar-refractivity contribution in [3.05, 3.63) is 111 Å². The summed E-state index contributed by atoms with van der Waals surface area (Å²) in [4.78, 5) is 12.6. The molecule has 3 heteroatoms. The highest BCUT2D eigenvalue weighted by atomic mass is 16.5. The van der Waals surface area contributed by atoms with E-state index in [1.165, 1.54) is 5.56 Å². The van der Waals surface area contributed by atoms with E-state index in [4.69, 9.17) is 9.15 Å². The first kappa shape index (κ1) is 18.1. The Labute approximate surface area is 164 Å². The number of hydrogen-bond donors (Lipinski definition) is 0. The summed E-state index contributed by atoms with van der Waals surface area (Å²) in [7, 11) is 0. The third kappa shape index (κ3) is 3.70. The minimum Gasteiger partial charge on any atom is -0.489 e. The second-order valence-corrected chi connectivity index (χ2v) is 7.03. The lowest BCUT2D eigenvalue weighted by Crippen LogP contribution is -2.11. The first-order valence-corrected chi connectivity index (χ1v) is 9.39. The van der Waals surface area contributed by atoms with Gasteiger partial charge in [-0.25, -0.2) is 4.79 Å². The second kappa shape index (κ2) is 7.73. The van der Waals surface area contributed by atoms with Gasteiger partial charge in [0.05, 0.1) is 0 Å². The van der Waals surface area contributed by atoms with Crippen molar-refractivity contribution in [2.24, 2.45) is 0 Å². The molecule has 0 saturated heterocycles. The van der Waals surface area contributed by atoms with Gasteiger partial charge in [0.25, 0.3) is 0 Å². The lowest BCUT2D eigenvalue weighted by molar-refractivity contribution is 0.305. The van der Waals surface area contributed by atoms with Gasteiger partial charge in [0, 0.05) is 23.4 Å². The molecule has 28 heavy (non-hydrogen) atoms. The van der Waals surface area contributed by atoms with Crippen LogP contribution in [0.5, 0.6) is 5.75 Å². The average Bonchev–Trinajstić information content (AvgIpc) is 2.71. The molecule has 0 saturated carbocycles. The van der Waals surface area contributed by atoms with Gasteiger partial charge in [0.15, 0.2) is 0 Å². The fourth-order valence-electron chi connectivity index (χ4n) is 3.40. The highest BCUT2D eigenvalue weighted by Gasteiger charge is 2.13. The van der Waals surface area contributed by atoms with Crippen LogP contribution in [0.25, 0.3) is 11.0 Å². The highest BCUT2D eigenvalue weighted by Crippen LogP contribution is 2.26. The van der Waals surface area contributed by atoms with Crippen molar-refractivity contribution in [2.45, 2.75) is 26.9 Å². The van der Waals surface area contributed by atoms with Crippen LogP contribution in [-0.4, -0.2) is 0 Å². The van der Waals surface area contributed by atoms with Gasteiger partial charge in [0.1, 0.15) is 17.9 Å². The van der Waals surface area contributed by atoms with E-state index in [2.05, 4.69) is 19.1 Å². The van der Waals surface area contributed by atoms with E-state index < -0.39 is 0 Å². The zero-order valence-electron chi connectivity index (χ0n) is 16.1. The van der Waals surface area contributed by atoms with Crippen molar-refractivity contribution in [3.8, 4) is 5.75 Å². The highest BCUT2D eigenvalue weighted by molar-refractivity contribution is 5.82. The summed E-state index contributed by atoms with van der Waals surface area (Å²) in [5.41, 5.74) is 5.35. The van der Waals surface area contributed by atoms with Gasteiger partial charge in [0.2, 0.25) is 0 Å². The number of hydrogen-bond acceptors (Lipinski definition) is 3. The van der Waals surface area contributed by atoms with E-state index in [0.29, 0.717) is 29.9 Å². The van der Waals surface area contributed by atoms with Gasteiger partial charge in [-0.1, -0.05) is 54.6 Å². The molecular formula is C25H22O3. The van der Waals surface area contributed by atoms with Crippen LogP contribution in [-0.2, 0) is 13.0 Å². The monoisotopic (exact) mass is 370 g/mol. The average molecular weight is 370 g/mol. The van der Waals surface area contributed by atoms with Gasteiger partial charge < -0.3 is 9.15 Å². The second-order valence-electron chi connectivity index (χ2n) is 7.03. The minimum atomic E-state index is -0.287. The molecule has 0 N–H and O–H groups in total. The molecule has 4 aromatic rings. The molecule has 4 rings (SSSR count). The Morgan fingerprint density at radius 2 is 1.64 bits per heavy atom. The maximum Gasteiger partial charge on any atom is 0.340 e. The van der Waals surface area contributed by atoms with Crippen LogP contribution >= 0.6 is 0 Å². The largest absolute Gasteiger partial charge is 0.489 e. The molecule has 1 aromatic heterocycles. The summed E-state index contributed by atoms with van der Waals surface area (Å²) >= 11 is 0. The molecule has 0 atom stereocenters. The third-order valence-corrected chi connectivity index (χ3v) is 5.14. The maximum absolute atomic E-state index is 12.6. The Hall–Kier alpha value is -3.33. The molecule has 3 nitrogen and oxygen atoms in total. The van der Waals surface area contributed by atoms with Crippen molar-refractivity contribution >= 4 is 11.0 Å². The van der Waals surface area contributed by atoms with E-state index in [1.807, 2.05) is 61.5 Å². The molecule has 140 valence electrons. The predicted octanol–water partition coefficient (Wildman–Crippen LogP) is 5.58. The molecule has 0 radical (unpaired) electrons. The number of aryl methyl sites for hydroxylation is 2. The van der Waals surface area contributed by atoms with Crippen molar-refractivity contribution in [1.29, 1.82) is 0 Å². The molecule has 0 amide bonds. The molecule has 0 aliphatic heterocycles. The standard InChI is InChI=1S/C25H22O3/c1-17-8-6-7-11-20(17)16-27-21-12-13-22-18(2)23(25(26)28-24(22)15-21)14-19-9-4-3-5-10-19/h3-13,15H,14,16H2,1-2H3. The SMILES string of the molecule is Cc1ccccc1COc1ccc2c(C)c(Cc3ccccc3)c(=O)oc2c1. The zero-order chi connectivity index (χ0) is 19.5. The van der Waals surface area contributed by atoms with Crippen LogP contribution in [0, 0.1) is 13.8 Å². The van der Waals surface area contributed by atoms with Gasteiger partial charge in [-0.05, 0) is 48.2 Å². The molecule has 0 unspecified atom stereocenters. The summed E-state index contributed by atoms with van der Waals surface area (Å²) in [6.07, 6.45) is 0.566. The zero-order valence-corrected chi connectivity index (χ0v) is 16.1. The maximum atomic E-state index is 12.6. The van der Waals surface area contributed by atoms with Gasteiger partial charge in [-0.2, -0.15) is 0 Å². The normalized spacial score (nSPS) is 10.9. The molecule has 1 heterocycles. The molecule has 0 aliphatic carbocycles. The first-order valence-electron chi connectivity index (χ1n) is 9.39. The Morgan fingerprint density at radius 3 is 2.43 bits per heavy atom. The topological polar surface area (TPSA) is 39.4 Å². The Balaban J connectivity index is 1.63. The van der Waals surface area contributed by atoms with Gasteiger partial charge in [-0.3, -0.25) is 0 Å². The molecular weight excluding hydrogens is 348 g/mol. The van der Waals surface area contributed by atoms with Crippen molar-refractivity contribution in [1.82, 2.24) is 0 Å². The summed E-state index contributed by atoms with van der Waals surface area (Å²) in [6, 6.07) is 23.8. The Kier molecular flexibility index (Phi) is 4.98. The van der Waals surface area contributed by atoms with Crippen LogP contribution in [0.2, 0.25) is 0 Å². The molecule has 0 aliphatic rings. The number of fused-ring (bicyclic) bond motifs is 1. The summed E-state index contributed by atoms with van der Waals surface area (Å²) in [5, 5.41) is 0.939. The minimum absolute atomic E-state index is 0.287. The van der Waals surface area contributed by atoms with E-state index >= 15 is 0 Å². The van der Waals surface area contributed by atoms with Crippen LogP contribution in [0.4, 0.5) is 0 Å². The third-order valence-electron chi connectivity index (χ3n) is 5.14. The van der Waals surface area contributed by atoms with Gasteiger partial charge in [-0.15, -0.1) is 0 Å². The van der Waals surface area contributed by atoms with E-state index in [9.17, 15) is 4.79 Å². The van der Waals surface area contributed by atoms with Crippen LogP contribution in [0.1, 0.15) is 27.8 Å². The fourth-order valence-corrected chi connectivity index (χ4v) is 3.40. The number of benzene rings is 3. The van der Waals surface area contributed by atoms with Crippen LogP contribution < -0.4 is 10.4 Å². The van der Waals surface area contributed by atoms with Crippen LogP contribution in [0.15, 0.2) is 82.0 Å². The summed E-state index contributed by atoms with van der Waals surface area (Å²) in [6.45, 7) is 4.52. The lowest BCUT2D eigenvalue weighted by atomic mass is 10.00. The molecule has 3 aromatic carbocycles. The van der Waals surface area contributed by atoms with E-state index in [1.54, 1.807) is 6.07 Å². The van der Waals surface area contributed by atoms with Crippen molar-refractivity contribution in [3.63, 3.8) is 0 Å². The Bertz CT molecular complexity index is 1170. The fraction of sp³-hybridized carbons (Fsp3) is 0.160. The van der Waals surface area contributed by atoms with Crippen molar-refractivity contribution in [2.75, 3.05) is 0 Å². The quantitative estimate of drug-likeness (QED) is 0.431. The summed E-state index contributed by atoms with van der Waals surface area (Å²) in [5.74, 6) is 0.689. The molecule has 0 bridgehead atoms. The molecule has 0 fully saturated rings. The summed E-state index contributed by atoms with van der Waals surface area (Å²) < 4.78 is 11.6.